The number of ketones is 1. The van der Waals surface area contributed by atoms with Crippen molar-refractivity contribution in [3.05, 3.63) is 29.3 Å². The van der Waals surface area contributed by atoms with E-state index >= 15 is 0 Å². The van der Waals surface area contributed by atoms with E-state index in [4.69, 9.17) is 9.47 Å². The largest absolute Gasteiger partial charge is 0.491 e. The smallest absolute Gasteiger partial charge is 0.454 e. The highest BCUT2D eigenvalue weighted by atomic mass is 19.4. The third-order valence-electron chi connectivity index (χ3n) is 2.33. The number of halogens is 3. The molecule has 18 heavy (non-hydrogen) atoms. The number of benzene rings is 1. The summed E-state index contributed by atoms with van der Waals surface area (Å²) in [5.74, 6) is -1.61. The lowest BCUT2D eigenvalue weighted by atomic mass is 10.0. The summed E-state index contributed by atoms with van der Waals surface area (Å²) in [5, 5.41) is 0. The maximum atomic E-state index is 12.3. The van der Waals surface area contributed by atoms with Crippen LogP contribution in [-0.4, -0.2) is 32.3 Å². The molecule has 0 spiro atoms. The molecule has 0 aliphatic heterocycles. The van der Waals surface area contributed by atoms with Crippen LogP contribution in [0, 0.1) is 6.92 Å². The molecule has 0 fully saturated rings. The van der Waals surface area contributed by atoms with Crippen LogP contribution in [0.15, 0.2) is 18.2 Å². The van der Waals surface area contributed by atoms with Gasteiger partial charge in [-0.25, -0.2) is 0 Å². The summed E-state index contributed by atoms with van der Waals surface area (Å²) in [5.41, 5.74) is -0.214. The van der Waals surface area contributed by atoms with Gasteiger partial charge in [-0.05, 0) is 13.0 Å². The molecule has 0 bridgehead atoms. The van der Waals surface area contributed by atoms with Crippen LogP contribution in [0.5, 0.6) is 5.75 Å². The van der Waals surface area contributed by atoms with Gasteiger partial charge in [0, 0.05) is 18.2 Å². The number of alkyl halides is 3. The number of carbonyl (C=O) groups is 1. The summed E-state index contributed by atoms with van der Waals surface area (Å²) < 4.78 is 47.0. The third-order valence-corrected chi connectivity index (χ3v) is 2.33. The van der Waals surface area contributed by atoms with Crippen molar-refractivity contribution in [3.8, 4) is 5.75 Å². The molecule has 0 amide bonds. The van der Waals surface area contributed by atoms with E-state index in [0.717, 1.165) is 6.07 Å². The van der Waals surface area contributed by atoms with Gasteiger partial charge in [0.15, 0.2) is 0 Å². The molecule has 0 N–H and O–H groups in total. The molecule has 0 unspecified atom stereocenters. The highest BCUT2D eigenvalue weighted by Gasteiger charge is 2.40. The fourth-order valence-electron chi connectivity index (χ4n) is 1.40. The Bertz CT molecular complexity index is 427. The van der Waals surface area contributed by atoms with Gasteiger partial charge in [-0.2, -0.15) is 13.2 Å². The standard InChI is InChI=1S/C12H13F3O3/c1-8-9(11(16)12(13,14)15)4-3-5-10(8)18-7-6-17-2/h3-5H,6-7H2,1-2H3. The normalized spacial score (nSPS) is 11.4. The van der Waals surface area contributed by atoms with Gasteiger partial charge in [0.05, 0.1) is 6.61 Å². The summed E-state index contributed by atoms with van der Waals surface area (Å²) in [6.45, 7) is 1.94. The van der Waals surface area contributed by atoms with Crippen LogP contribution in [0.4, 0.5) is 13.2 Å². The molecule has 0 saturated carbocycles. The SMILES string of the molecule is COCCOc1cccc(C(=O)C(F)(F)F)c1C. The number of methoxy groups -OCH3 is 1. The second-order valence-electron chi connectivity index (χ2n) is 3.60. The van der Waals surface area contributed by atoms with E-state index in [9.17, 15) is 18.0 Å². The van der Waals surface area contributed by atoms with Gasteiger partial charge in [0.1, 0.15) is 12.4 Å². The fourth-order valence-corrected chi connectivity index (χ4v) is 1.40. The first kappa shape index (κ1) is 14.5. The van der Waals surface area contributed by atoms with Gasteiger partial charge in [-0.15, -0.1) is 0 Å². The number of carbonyl (C=O) groups excluding carboxylic acids is 1. The Balaban J connectivity index is 2.95. The Morgan fingerprint density at radius 1 is 1.28 bits per heavy atom. The monoisotopic (exact) mass is 262 g/mol. The molecule has 0 aliphatic rings. The Hall–Kier alpha value is -1.56. The van der Waals surface area contributed by atoms with E-state index in [1.54, 1.807) is 0 Å². The summed E-state index contributed by atoms with van der Waals surface area (Å²) in [4.78, 5) is 11.2. The lowest BCUT2D eigenvalue weighted by Crippen LogP contribution is -2.23. The first-order chi connectivity index (χ1) is 8.38. The van der Waals surface area contributed by atoms with Crippen molar-refractivity contribution in [2.45, 2.75) is 13.1 Å². The molecule has 3 nitrogen and oxygen atoms in total. The minimum Gasteiger partial charge on any atom is -0.491 e. The molecule has 6 heteroatoms. The van der Waals surface area contributed by atoms with Crippen LogP contribution in [0.1, 0.15) is 15.9 Å². The maximum absolute atomic E-state index is 12.3. The molecular weight excluding hydrogens is 249 g/mol. The Morgan fingerprint density at radius 3 is 2.50 bits per heavy atom. The summed E-state index contributed by atoms with van der Waals surface area (Å²) in [6.07, 6.45) is -4.88. The van der Waals surface area contributed by atoms with Gasteiger partial charge in [0.2, 0.25) is 0 Å². The number of rotatable bonds is 5. The van der Waals surface area contributed by atoms with Crippen LogP contribution < -0.4 is 4.74 Å². The molecule has 0 radical (unpaired) electrons. The zero-order valence-corrected chi connectivity index (χ0v) is 10.0. The first-order valence-corrected chi connectivity index (χ1v) is 5.20. The van der Waals surface area contributed by atoms with Crippen molar-refractivity contribution >= 4 is 5.78 Å². The average molecular weight is 262 g/mol. The highest BCUT2D eigenvalue weighted by Crippen LogP contribution is 2.27. The quantitative estimate of drug-likeness (QED) is 0.604. The maximum Gasteiger partial charge on any atom is 0.454 e. The molecule has 0 atom stereocenters. The number of ether oxygens (including phenoxy) is 2. The lowest BCUT2D eigenvalue weighted by molar-refractivity contribution is -0.0885. The highest BCUT2D eigenvalue weighted by molar-refractivity contribution is 6.01. The minimum absolute atomic E-state index is 0.177. The third kappa shape index (κ3) is 3.46. The van der Waals surface area contributed by atoms with E-state index in [2.05, 4.69) is 0 Å². The fraction of sp³-hybridized carbons (Fsp3) is 0.417. The molecule has 0 heterocycles. The second kappa shape index (κ2) is 5.86. The predicted octanol–water partition coefficient (Wildman–Crippen LogP) is 2.77. The molecule has 1 aromatic rings. The van der Waals surface area contributed by atoms with Crippen molar-refractivity contribution in [2.75, 3.05) is 20.3 Å². The molecule has 100 valence electrons. The number of hydrogen-bond acceptors (Lipinski definition) is 3. The Kier molecular flexibility index (Phi) is 4.72. The van der Waals surface area contributed by atoms with E-state index in [-0.39, 0.29) is 17.9 Å². The van der Waals surface area contributed by atoms with E-state index in [1.807, 2.05) is 0 Å². The van der Waals surface area contributed by atoms with Crippen molar-refractivity contribution in [1.29, 1.82) is 0 Å². The van der Waals surface area contributed by atoms with Crippen LogP contribution in [-0.2, 0) is 4.74 Å². The van der Waals surface area contributed by atoms with Gasteiger partial charge < -0.3 is 9.47 Å². The van der Waals surface area contributed by atoms with Crippen LogP contribution >= 0.6 is 0 Å². The van der Waals surface area contributed by atoms with Crippen molar-refractivity contribution in [3.63, 3.8) is 0 Å². The summed E-state index contributed by atoms with van der Waals surface area (Å²) >= 11 is 0. The van der Waals surface area contributed by atoms with Crippen LogP contribution in [0.25, 0.3) is 0 Å². The Labute approximate surface area is 103 Å². The predicted molar refractivity (Wildman–Crippen MR) is 58.9 cm³/mol. The van der Waals surface area contributed by atoms with Gasteiger partial charge in [-0.1, -0.05) is 12.1 Å². The number of Topliss-reactive ketones (excluding diaryl/α,β-unsaturated/α-hetero) is 1. The molecule has 1 rings (SSSR count). The van der Waals surface area contributed by atoms with E-state index in [0.29, 0.717) is 6.61 Å². The molecule has 0 aromatic heterocycles. The van der Waals surface area contributed by atoms with E-state index in [1.165, 1.54) is 26.2 Å². The summed E-state index contributed by atoms with van der Waals surface area (Å²) in [6, 6.07) is 4.00. The van der Waals surface area contributed by atoms with E-state index < -0.39 is 17.5 Å². The molecule has 0 aliphatic carbocycles. The minimum atomic E-state index is -4.88. The zero-order valence-electron chi connectivity index (χ0n) is 10.0. The van der Waals surface area contributed by atoms with Crippen molar-refractivity contribution in [1.82, 2.24) is 0 Å². The molecule has 0 saturated heterocycles. The number of hydrogen-bond donors (Lipinski definition) is 0. The molecule has 1 aromatic carbocycles. The van der Waals surface area contributed by atoms with Gasteiger partial charge >= 0.3 is 6.18 Å². The average Bonchev–Trinajstić information content (AvgIpc) is 2.29. The van der Waals surface area contributed by atoms with Gasteiger partial charge in [-0.3, -0.25) is 4.79 Å². The van der Waals surface area contributed by atoms with Gasteiger partial charge in [0.25, 0.3) is 5.78 Å². The van der Waals surface area contributed by atoms with Crippen molar-refractivity contribution < 1.29 is 27.4 Å². The first-order valence-electron chi connectivity index (χ1n) is 5.20. The Morgan fingerprint density at radius 2 is 1.94 bits per heavy atom. The topological polar surface area (TPSA) is 35.5 Å². The lowest BCUT2D eigenvalue weighted by Gasteiger charge is -2.12. The second-order valence-corrected chi connectivity index (χ2v) is 3.60. The molecular formula is C12H13F3O3. The van der Waals surface area contributed by atoms with Crippen LogP contribution in [0.2, 0.25) is 0 Å². The van der Waals surface area contributed by atoms with Crippen molar-refractivity contribution in [2.24, 2.45) is 0 Å². The zero-order chi connectivity index (χ0) is 13.8. The summed E-state index contributed by atoms with van der Waals surface area (Å²) in [7, 11) is 1.49. The van der Waals surface area contributed by atoms with Crippen LogP contribution in [0.3, 0.4) is 0 Å².